The van der Waals surface area contributed by atoms with Crippen LogP contribution in [0.25, 0.3) is 10.9 Å². The van der Waals surface area contributed by atoms with Crippen molar-refractivity contribution >= 4 is 28.3 Å². The smallest absolute Gasteiger partial charge is 0.272 e. The normalized spacial score (nSPS) is 10.9. The van der Waals surface area contributed by atoms with Crippen molar-refractivity contribution in [2.24, 2.45) is 0 Å². The molecular weight excluding hydrogens is 306 g/mol. The molecule has 0 aliphatic heterocycles. The molecule has 3 aromatic rings. The summed E-state index contributed by atoms with van der Waals surface area (Å²) in [6.07, 6.45) is 3.54. The Hall–Kier alpha value is -2.86. The molecule has 6 nitrogen and oxygen atoms in total. The molecule has 0 bridgehead atoms. The second-order valence-electron chi connectivity index (χ2n) is 5.59. The number of rotatable bonds is 6. The highest BCUT2D eigenvalue weighted by molar-refractivity contribution is 6.06. The number of Topliss-reactive ketones (excluding diaryl/α,β-unsaturated/α-hetero) is 1. The van der Waals surface area contributed by atoms with Gasteiger partial charge in [-0.2, -0.15) is 0 Å². The van der Waals surface area contributed by atoms with Gasteiger partial charge < -0.3 is 19.6 Å². The number of nitrogens with zero attached hydrogens (tertiary/aromatic N) is 1. The Morgan fingerprint density at radius 3 is 2.79 bits per heavy atom. The number of carbonyl (C=O) groups is 2. The maximum Gasteiger partial charge on any atom is 0.272 e. The van der Waals surface area contributed by atoms with Crippen molar-refractivity contribution in [2.75, 3.05) is 19.0 Å². The lowest BCUT2D eigenvalue weighted by atomic mass is 10.2. The molecule has 0 aliphatic carbocycles. The van der Waals surface area contributed by atoms with Crippen molar-refractivity contribution in [3.05, 3.63) is 54.0 Å². The number of anilines is 1. The van der Waals surface area contributed by atoms with Crippen LogP contribution in [0.2, 0.25) is 0 Å². The first kappa shape index (κ1) is 16.0. The molecule has 1 amide bonds. The van der Waals surface area contributed by atoms with Crippen molar-refractivity contribution in [1.29, 1.82) is 0 Å². The number of aromatic nitrogens is 2. The van der Waals surface area contributed by atoms with Gasteiger partial charge in [0, 0.05) is 48.2 Å². The van der Waals surface area contributed by atoms with Crippen LogP contribution in [-0.2, 0) is 11.3 Å². The minimum Gasteiger partial charge on any atom is -0.383 e. The molecule has 0 spiro atoms. The number of hydrogen-bond acceptors (Lipinski definition) is 3. The predicted octanol–water partition coefficient (Wildman–Crippen LogP) is 3.07. The van der Waals surface area contributed by atoms with Crippen LogP contribution in [0.4, 0.5) is 5.69 Å². The number of hydrogen-bond donors (Lipinski definition) is 2. The van der Waals surface area contributed by atoms with Gasteiger partial charge in [0.05, 0.1) is 6.61 Å². The Morgan fingerprint density at radius 1 is 1.25 bits per heavy atom. The monoisotopic (exact) mass is 325 g/mol. The second-order valence-corrected chi connectivity index (χ2v) is 5.59. The minimum atomic E-state index is -0.277. The van der Waals surface area contributed by atoms with Crippen molar-refractivity contribution in [3.63, 3.8) is 0 Å². The van der Waals surface area contributed by atoms with Gasteiger partial charge in [0.2, 0.25) is 0 Å². The maximum atomic E-state index is 12.3. The van der Waals surface area contributed by atoms with Gasteiger partial charge in [0.25, 0.3) is 5.91 Å². The van der Waals surface area contributed by atoms with Gasteiger partial charge in [-0.25, -0.2) is 0 Å². The van der Waals surface area contributed by atoms with E-state index in [1.54, 1.807) is 13.2 Å². The lowest BCUT2D eigenvalue weighted by molar-refractivity contribution is 0.101. The van der Waals surface area contributed by atoms with E-state index in [2.05, 4.69) is 14.9 Å². The minimum absolute atomic E-state index is 0.0795. The SMILES string of the molecule is COCCn1ccc2cc(NC(=O)c3cc(C(C)=O)c[nH]3)ccc21. The van der Waals surface area contributed by atoms with Crippen LogP contribution in [0.1, 0.15) is 27.8 Å². The lowest BCUT2D eigenvalue weighted by Crippen LogP contribution is -2.12. The van der Waals surface area contributed by atoms with Crippen molar-refractivity contribution in [3.8, 4) is 0 Å². The van der Waals surface area contributed by atoms with E-state index < -0.39 is 0 Å². The highest BCUT2D eigenvalue weighted by atomic mass is 16.5. The fraction of sp³-hybridized carbons (Fsp3) is 0.222. The Labute approximate surface area is 139 Å². The fourth-order valence-corrected chi connectivity index (χ4v) is 2.59. The van der Waals surface area contributed by atoms with Crippen LogP contribution >= 0.6 is 0 Å². The van der Waals surface area contributed by atoms with Gasteiger partial charge in [0.1, 0.15) is 5.69 Å². The first-order chi connectivity index (χ1) is 11.6. The molecule has 0 saturated carbocycles. The number of H-pyrrole nitrogens is 1. The molecule has 2 heterocycles. The van der Waals surface area contributed by atoms with Crippen molar-refractivity contribution < 1.29 is 14.3 Å². The van der Waals surface area contributed by atoms with E-state index in [-0.39, 0.29) is 11.7 Å². The van der Waals surface area contributed by atoms with Gasteiger partial charge in [-0.15, -0.1) is 0 Å². The third-order valence-corrected chi connectivity index (χ3v) is 3.90. The summed E-state index contributed by atoms with van der Waals surface area (Å²) in [6, 6.07) is 9.31. The highest BCUT2D eigenvalue weighted by Crippen LogP contribution is 2.21. The summed E-state index contributed by atoms with van der Waals surface area (Å²) in [4.78, 5) is 26.4. The third kappa shape index (κ3) is 3.23. The Kier molecular flexibility index (Phi) is 4.48. The van der Waals surface area contributed by atoms with E-state index >= 15 is 0 Å². The number of ether oxygens (including phenoxy) is 1. The summed E-state index contributed by atoms with van der Waals surface area (Å²) in [6.45, 7) is 2.89. The van der Waals surface area contributed by atoms with Crippen molar-refractivity contribution in [1.82, 2.24) is 9.55 Å². The van der Waals surface area contributed by atoms with Crippen molar-refractivity contribution in [2.45, 2.75) is 13.5 Å². The fourth-order valence-electron chi connectivity index (χ4n) is 2.59. The van der Waals surface area contributed by atoms with Crippen LogP contribution in [-0.4, -0.2) is 35.0 Å². The molecule has 6 heteroatoms. The average Bonchev–Trinajstić information content (AvgIpc) is 3.20. The summed E-state index contributed by atoms with van der Waals surface area (Å²) >= 11 is 0. The highest BCUT2D eigenvalue weighted by Gasteiger charge is 2.11. The third-order valence-electron chi connectivity index (χ3n) is 3.90. The van der Waals surface area contributed by atoms with Crippen LogP contribution in [0.15, 0.2) is 42.7 Å². The molecule has 1 aromatic carbocycles. The first-order valence-electron chi connectivity index (χ1n) is 7.67. The van der Waals surface area contributed by atoms with Crippen LogP contribution in [0, 0.1) is 0 Å². The molecule has 0 unspecified atom stereocenters. The maximum absolute atomic E-state index is 12.3. The van der Waals surface area contributed by atoms with E-state index in [0.717, 1.165) is 17.4 Å². The first-order valence-corrected chi connectivity index (χ1v) is 7.67. The molecule has 124 valence electrons. The molecule has 3 rings (SSSR count). The van der Waals surface area contributed by atoms with Crippen LogP contribution < -0.4 is 5.32 Å². The molecule has 24 heavy (non-hydrogen) atoms. The quantitative estimate of drug-likeness (QED) is 0.684. The number of carbonyl (C=O) groups excluding carboxylic acids is 2. The molecule has 2 N–H and O–H groups in total. The topological polar surface area (TPSA) is 76.1 Å². The standard InChI is InChI=1S/C18H19N3O3/c1-12(22)14-10-16(19-11-14)18(23)20-15-3-4-17-13(9-15)5-6-21(17)7-8-24-2/h3-6,9-11,19H,7-8H2,1-2H3,(H,20,23). The molecule has 0 aliphatic rings. The number of benzene rings is 1. The van der Waals surface area contributed by atoms with Gasteiger partial charge in [-0.1, -0.05) is 0 Å². The molecule has 2 aromatic heterocycles. The van der Waals surface area contributed by atoms with Crippen LogP contribution in [0.5, 0.6) is 0 Å². The number of aromatic amines is 1. The largest absolute Gasteiger partial charge is 0.383 e. The van der Waals surface area contributed by atoms with E-state index in [1.165, 1.54) is 13.1 Å². The number of ketones is 1. The molecular formula is C18H19N3O3. The summed E-state index contributed by atoms with van der Waals surface area (Å²) in [5, 5.41) is 3.88. The Bertz CT molecular complexity index is 892. The molecule has 0 saturated heterocycles. The number of amides is 1. The van der Waals surface area contributed by atoms with E-state index in [9.17, 15) is 9.59 Å². The number of nitrogens with one attached hydrogen (secondary N) is 2. The summed E-state index contributed by atoms with van der Waals surface area (Å²) in [5.74, 6) is -0.357. The van der Waals surface area contributed by atoms with Gasteiger partial charge >= 0.3 is 0 Å². The predicted molar refractivity (Wildman–Crippen MR) is 92.6 cm³/mol. The summed E-state index contributed by atoms with van der Waals surface area (Å²) < 4.78 is 7.21. The molecule has 0 radical (unpaired) electrons. The Balaban J connectivity index is 1.77. The van der Waals surface area contributed by atoms with Gasteiger partial charge in [-0.05, 0) is 37.3 Å². The molecule has 0 atom stereocenters. The van der Waals surface area contributed by atoms with E-state index in [0.29, 0.717) is 23.6 Å². The van der Waals surface area contributed by atoms with Gasteiger partial charge in [0.15, 0.2) is 5.78 Å². The van der Waals surface area contributed by atoms with Crippen LogP contribution in [0.3, 0.4) is 0 Å². The zero-order valence-corrected chi connectivity index (χ0v) is 13.6. The van der Waals surface area contributed by atoms with E-state index in [1.807, 2.05) is 30.5 Å². The van der Waals surface area contributed by atoms with Gasteiger partial charge in [-0.3, -0.25) is 9.59 Å². The molecule has 0 fully saturated rings. The Morgan fingerprint density at radius 2 is 2.08 bits per heavy atom. The summed E-state index contributed by atoms with van der Waals surface area (Å²) in [7, 11) is 1.68. The lowest BCUT2D eigenvalue weighted by Gasteiger charge is -2.07. The zero-order valence-electron chi connectivity index (χ0n) is 13.6. The van der Waals surface area contributed by atoms with E-state index in [4.69, 9.17) is 4.74 Å². The zero-order chi connectivity index (χ0) is 17.1. The summed E-state index contributed by atoms with van der Waals surface area (Å²) in [5.41, 5.74) is 2.64. The second kappa shape index (κ2) is 6.72. The average molecular weight is 325 g/mol. The number of fused-ring (bicyclic) bond motifs is 1. The number of methoxy groups -OCH3 is 1.